The molecule has 0 spiro atoms. The SMILES string of the molecule is [N-]=[N+]=N[C@@H](Cc1c[nH]c2ccccc12)C(=O)OCc1ccccc1. The summed E-state index contributed by atoms with van der Waals surface area (Å²) in [4.78, 5) is 18.2. The highest BCUT2D eigenvalue weighted by atomic mass is 16.5. The van der Waals surface area contributed by atoms with E-state index in [9.17, 15) is 4.79 Å². The van der Waals surface area contributed by atoms with Gasteiger partial charge in [-0.05, 0) is 29.1 Å². The Kier molecular flexibility index (Phi) is 4.79. The molecule has 0 amide bonds. The van der Waals surface area contributed by atoms with Gasteiger partial charge < -0.3 is 9.72 Å². The van der Waals surface area contributed by atoms with E-state index in [-0.39, 0.29) is 6.61 Å². The summed E-state index contributed by atoms with van der Waals surface area (Å²) in [5, 5.41) is 4.62. The number of rotatable bonds is 6. The van der Waals surface area contributed by atoms with E-state index in [0.29, 0.717) is 6.42 Å². The number of aromatic nitrogens is 1. The van der Waals surface area contributed by atoms with Crippen molar-refractivity contribution in [1.29, 1.82) is 0 Å². The van der Waals surface area contributed by atoms with Gasteiger partial charge in [0.05, 0.1) is 0 Å². The van der Waals surface area contributed by atoms with E-state index < -0.39 is 12.0 Å². The van der Waals surface area contributed by atoms with Crippen LogP contribution < -0.4 is 0 Å². The molecule has 0 aliphatic carbocycles. The van der Waals surface area contributed by atoms with Crippen LogP contribution in [-0.4, -0.2) is 17.0 Å². The second-order valence-electron chi connectivity index (χ2n) is 5.38. The number of hydrogen-bond acceptors (Lipinski definition) is 3. The van der Waals surface area contributed by atoms with E-state index in [1.807, 2.05) is 60.8 Å². The molecule has 2 aromatic carbocycles. The molecule has 1 aromatic heterocycles. The average molecular weight is 320 g/mol. The van der Waals surface area contributed by atoms with Gasteiger partial charge in [-0.15, -0.1) is 0 Å². The van der Waals surface area contributed by atoms with Crippen molar-refractivity contribution >= 4 is 16.9 Å². The van der Waals surface area contributed by atoms with Crippen molar-refractivity contribution in [1.82, 2.24) is 4.98 Å². The Balaban J connectivity index is 1.72. The van der Waals surface area contributed by atoms with Crippen LogP contribution in [0.4, 0.5) is 0 Å². The first-order chi connectivity index (χ1) is 11.8. The van der Waals surface area contributed by atoms with Crippen LogP contribution in [0.1, 0.15) is 11.1 Å². The largest absolute Gasteiger partial charge is 0.460 e. The first kappa shape index (κ1) is 15.6. The van der Waals surface area contributed by atoms with Gasteiger partial charge in [0, 0.05) is 22.0 Å². The summed E-state index contributed by atoms with van der Waals surface area (Å²) in [5.74, 6) is -0.526. The van der Waals surface area contributed by atoms with Crippen LogP contribution in [0, 0.1) is 0 Å². The molecule has 0 bridgehead atoms. The Labute approximate surface area is 138 Å². The molecule has 6 nitrogen and oxygen atoms in total. The third-order valence-electron chi connectivity index (χ3n) is 3.78. The number of nitrogens with one attached hydrogen (secondary N) is 1. The Bertz CT molecular complexity index is 882. The third kappa shape index (κ3) is 3.56. The minimum Gasteiger partial charge on any atom is -0.460 e. The summed E-state index contributed by atoms with van der Waals surface area (Å²) in [6.45, 7) is 0.158. The molecule has 0 saturated heterocycles. The number of fused-ring (bicyclic) bond motifs is 1. The van der Waals surface area contributed by atoms with Crippen molar-refractivity contribution in [2.45, 2.75) is 19.1 Å². The number of esters is 1. The van der Waals surface area contributed by atoms with Gasteiger partial charge in [0.2, 0.25) is 0 Å². The van der Waals surface area contributed by atoms with Crippen LogP contribution in [0.5, 0.6) is 0 Å². The van der Waals surface area contributed by atoms with Crippen LogP contribution in [0.25, 0.3) is 21.3 Å². The Hall–Kier alpha value is -3.24. The molecule has 1 N–H and O–H groups in total. The maximum absolute atomic E-state index is 12.3. The van der Waals surface area contributed by atoms with Gasteiger partial charge in [0.25, 0.3) is 0 Å². The minimum absolute atomic E-state index is 0.158. The summed E-state index contributed by atoms with van der Waals surface area (Å²) in [6, 6.07) is 16.3. The van der Waals surface area contributed by atoms with E-state index in [1.165, 1.54) is 0 Å². The molecule has 0 saturated carbocycles. The van der Waals surface area contributed by atoms with Crippen LogP contribution in [0.2, 0.25) is 0 Å². The summed E-state index contributed by atoms with van der Waals surface area (Å²) >= 11 is 0. The topological polar surface area (TPSA) is 90.9 Å². The third-order valence-corrected chi connectivity index (χ3v) is 3.78. The second kappa shape index (κ2) is 7.35. The lowest BCUT2D eigenvalue weighted by Gasteiger charge is -2.11. The van der Waals surface area contributed by atoms with Crippen molar-refractivity contribution in [3.05, 3.63) is 82.4 Å². The lowest BCUT2D eigenvalue weighted by Crippen LogP contribution is -2.23. The first-order valence-corrected chi connectivity index (χ1v) is 7.57. The zero-order valence-corrected chi connectivity index (χ0v) is 12.9. The number of benzene rings is 2. The van der Waals surface area contributed by atoms with Gasteiger partial charge in [0.15, 0.2) is 0 Å². The second-order valence-corrected chi connectivity index (χ2v) is 5.38. The molecule has 0 fully saturated rings. The molecule has 6 heteroatoms. The fourth-order valence-electron chi connectivity index (χ4n) is 2.57. The number of hydrogen-bond donors (Lipinski definition) is 1. The highest BCUT2D eigenvalue weighted by Crippen LogP contribution is 2.20. The normalized spacial score (nSPS) is 11.7. The van der Waals surface area contributed by atoms with Gasteiger partial charge in [-0.1, -0.05) is 53.6 Å². The fraction of sp³-hybridized carbons (Fsp3) is 0.167. The molecule has 3 aromatic rings. The predicted octanol–water partition coefficient (Wildman–Crippen LogP) is 4.13. The summed E-state index contributed by atoms with van der Waals surface area (Å²) in [6.07, 6.45) is 2.12. The molecule has 1 atom stereocenters. The number of ether oxygens (including phenoxy) is 1. The van der Waals surface area contributed by atoms with E-state index in [1.54, 1.807) is 0 Å². The van der Waals surface area contributed by atoms with Gasteiger partial charge in [-0.3, -0.25) is 4.79 Å². The van der Waals surface area contributed by atoms with Gasteiger partial charge >= 0.3 is 5.97 Å². The molecule has 0 radical (unpaired) electrons. The van der Waals surface area contributed by atoms with Crippen molar-refractivity contribution < 1.29 is 9.53 Å². The molecule has 0 unspecified atom stereocenters. The predicted molar refractivity (Wildman–Crippen MR) is 91.2 cm³/mol. The molecule has 3 rings (SSSR count). The van der Waals surface area contributed by atoms with E-state index >= 15 is 0 Å². The van der Waals surface area contributed by atoms with Crippen molar-refractivity contribution in [3.63, 3.8) is 0 Å². The molecular formula is C18H16N4O2. The number of carbonyl (C=O) groups excluding carboxylic acids is 1. The zero-order chi connectivity index (χ0) is 16.8. The maximum Gasteiger partial charge on any atom is 0.315 e. The quantitative estimate of drug-likeness (QED) is 0.320. The smallest absolute Gasteiger partial charge is 0.315 e. The lowest BCUT2D eigenvalue weighted by molar-refractivity contribution is -0.146. The highest BCUT2D eigenvalue weighted by Gasteiger charge is 2.20. The van der Waals surface area contributed by atoms with Gasteiger partial charge in [0.1, 0.15) is 12.6 Å². The summed E-state index contributed by atoms with van der Waals surface area (Å²) in [7, 11) is 0. The minimum atomic E-state index is -0.891. The molecule has 0 aliphatic rings. The van der Waals surface area contributed by atoms with E-state index in [2.05, 4.69) is 15.0 Å². The van der Waals surface area contributed by atoms with Crippen molar-refractivity contribution in [3.8, 4) is 0 Å². The summed E-state index contributed by atoms with van der Waals surface area (Å²) < 4.78 is 5.29. The van der Waals surface area contributed by atoms with E-state index in [4.69, 9.17) is 10.3 Å². The first-order valence-electron chi connectivity index (χ1n) is 7.57. The number of azide groups is 1. The average Bonchev–Trinajstić information content (AvgIpc) is 3.03. The number of aromatic amines is 1. The fourth-order valence-corrected chi connectivity index (χ4v) is 2.57. The monoisotopic (exact) mass is 320 g/mol. The zero-order valence-electron chi connectivity index (χ0n) is 12.9. The number of nitrogens with zero attached hydrogens (tertiary/aromatic N) is 3. The molecular weight excluding hydrogens is 304 g/mol. The Morgan fingerprint density at radius 3 is 2.71 bits per heavy atom. The highest BCUT2D eigenvalue weighted by molar-refractivity contribution is 5.84. The summed E-state index contributed by atoms with van der Waals surface area (Å²) in [5.41, 5.74) is 11.5. The maximum atomic E-state index is 12.3. The van der Waals surface area contributed by atoms with Gasteiger partial charge in [-0.2, -0.15) is 0 Å². The number of para-hydroxylation sites is 1. The Morgan fingerprint density at radius 2 is 1.92 bits per heavy atom. The van der Waals surface area contributed by atoms with Crippen molar-refractivity contribution in [2.24, 2.45) is 5.11 Å². The number of carbonyl (C=O) groups is 1. The number of H-pyrrole nitrogens is 1. The van der Waals surface area contributed by atoms with Crippen molar-refractivity contribution in [2.75, 3.05) is 0 Å². The Morgan fingerprint density at radius 1 is 1.17 bits per heavy atom. The molecule has 24 heavy (non-hydrogen) atoms. The van der Waals surface area contributed by atoms with Crippen LogP contribution in [-0.2, 0) is 22.6 Å². The van der Waals surface area contributed by atoms with Gasteiger partial charge in [-0.25, -0.2) is 0 Å². The molecule has 0 aliphatic heterocycles. The molecule has 120 valence electrons. The van der Waals surface area contributed by atoms with Crippen LogP contribution >= 0.6 is 0 Å². The van der Waals surface area contributed by atoms with E-state index in [0.717, 1.165) is 22.0 Å². The molecule has 1 heterocycles. The van der Waals surface area contributed by atoms with Crippen LogP contribution in [0.15, 0.2) is 65.9 Å². The lowest BCUT2D eigenvalue weighted by atomic mass is 10.1. The standard InChI is InChI=1S/C18H16N4O2/c19-22-21-17(18(23)24-12-13-6-2-1-3-7-13)10-14-11-20-16-9-5-4-8-15(14)16/h1-9,11,17,20H,10,12H2/t17-/m0/s1. The van der Waals surface area contributed by atoms with Crippen LogP contribution in [0.3, 0.4) is 0 Å².